The van der Waals surface area contributed by atoms with E-state index < -0.39 is 66.3 Å². The summed E-state index contributed by atoms with van der Waals surface area (Å²) in [6.45, 7) is 4.16. The van der Waals surface area contributed by atoms with Crippen molar-refractivity contribution < 1.29 is 53.1 Å². The van der Waals surface area contributed by atoms with E-state index in [0.29, 0.717) is 60.4 Å². The molecule has 0 aliphatic carbocycles. The van der Waals surface area contributed by atoms with Gasteiger partial charge in [-0.3, -0.25) is 19.2 Å². The molecule has 61 heavy (non-hydrogen) atoms. The van der Waals surface area contributed by atoms with Crippen LogP contribution in [0, 0.1) is 0 Å². The number of carbonyl (C=O) groups excluding carboxylic acids is 5. The molecule has 0 saturated heterocycles. The number of amides is 3. The molecule has 2 aliphatic rings. The summed E-state index contributed by atoms with van der Waals surface area (Å²) in [7, 11) is 0. The fourth-order valence-electron chi connectivity index (χ4n) is 7.53. The number of aliphatic hydroxyl groups excluding tert-OH is 1. The van der Waals surface area contributed by atoms with Gasteiger partial charge in [-0.2, -0.15) is 0 Å². The first-order chi connectivity index (χ1) is 29.3. The van der Waals surface area contributed by atoms with Gasteiger partial charge in [0.1, 0.15) is 38.2 Å². The number of carbonyl (C=O) groups is 5. The van der Waals surface area contributed by atoms with E-state index in [1.165, 1.54) is 0 Å². The van der Waals surface area contributed by atoms with Gasteiger partial charge in [-0.05, 0) is 93.1 Å². The fourth-order valence-corrected chi connectivity index (χ4v) is 7.53. The number of fused-ring (bicyclic) bond motifs is 5. The highest BCUT2D eigenvalue weighted by Gasteiger charge is 2.51. The molecule has 18 heteroatoms. The summed E-state index contributed by atoms with van der Waals surface area (Å²) in [5.41, 5.74) is 7.92. The third-order valence-corrected chi connectivity index (χ3v) is 10.7. The summed E-state index contributed by atoms with van der Waals surface area (Å²) in [5.74, 6) is -2.36. The minimum Gasteiger partial charge on any atom is -0.508 e. The highest BCUT2D eigenvalue weighted by atomic mass is 16.7. The van der Waals surface area contributed by atoms with E-state index in [2.05, 4.69) is 16.0 Å². The number of rotatable bonds is 18. The van der Waals surface area contributed by atoms with Crippen LogP contribution in [0.25, 0.3) is 22.3 Å². The van der Waals surface area contributed by atoms with Crippen molar-refractivity contribution in [3.8, 4) is 17.1 Å². The van der Waals surface area contributed by atoms with Crippen LogP contribution in [0.15, 0.2) is 53.3 Å². The predicted molar refractivity (Wildman–Crippen MR) is 220 cm³/mol. The molecule has 2 aliphatic heterocycles. The Kier molecular flexibility index (Phi) is 14.0. The second-order valence-electron chi connectivity index (χ2n) is 14.9. The number of unbranched alkanes of at least 4 members (excludes halogenated alkanes) is 1. The smallest absolute Gasteiger partial charge is 0.508 e. The number of cyclic esters (lactones) is 1. The van der Waals surface area contributed by atoms with E-state index in [1.807, 2.05) is 6.92 Å². The number of benzene rings is 2. The molecule has 0 radical (unpaired) electrons. The van der Waals surface area contributed by atoms with Crippen molar-refractivity contribution in [2.24, 2.45) is 5.73 Å². The van der Waals surface area contributed by atoms with Crippen LogP contribution in [0.2, 0.25) is 0 Å². The standard InChI is InChI=1S/C43H50N6O12/c1-4-28-29-16-27(51)13-14-33(29)48-38-30(28)18-49-35(38)17-32-31(40(49)55)21-59-41(56)43(32,5-2)61-42(57)60-20-25-9-11-26(12-10-25)46-39(54)34(8-6-7-15-44)47-37(53)23-58-22-36(52)45-24(3)19-50/h9-14,16-17,24,34,50-51H,4-8,15,18-23,44H2,1-3H3,(H,45,52)(H,46,54)(H,47,53). The molecule has 0 bridgehead atoms. The second kappa shape index (κ2) is 19.3. The number of esters is 1. The Hall–Kier alpha value is -6.37. The Bertz CT molecular complexity index is 2380. The maximum atomic E-state index is 14.0. The topological polar surface area (TPSA) is 260 Å². The molecule has 2 aromatic heterocycles. The maximum absolute atomic E-state index is 14.0. The summed E-state index contributed by atoms with van der Waals surface area (Å²) in [4.78, 5) is 83.4. The molecule has 4 heterocycles. The van der Waals surface area contributed by atoms with E-state index in [1.54, 1.807) is 66.9 Å². The lowest BCUT2D eigenvalue weighted by Crippen LogP contribution is -2.47. The first kappa shape index (κ1) is 44.2. The number of nitrogens with zero attached hydrogens (tertiary/aromatic N) is 2. The molecule has 324 valence electrons. The van der Waals surface area contributed by atoms with E-state index in [-0.39, 0.29) is 49.7 Å². The van der Waals surface area contributed by atoms with Gasteiger partial charge in [-0.25, -0.2) is 14.6 Å². The summed E-state index contributed by atoms with van der Waals surface area (Å²) >= 11 is 0. The van der Waals surface area contributed by atoms with Crippen molar-refractivity contribution >= 4 is 46.4 Å². The molecule has 0 fully saturated rings. The molecule has 3 atom stereocenters. The Labute approximate surface area is 350 Å². The van der Waals surface area contributed by atoms with Crippen molar-refractivity contribution in [1.29, 1.82) is 0 Å². The van der Waals surface area contributed by atoms with Crippen LogP contribution in [-0.2, 0) is 69.9 Å². The molecule has 3 amide bonds. The Balaban J connectivity index is 1.11. The number of phenolic OH excluding ortho intramolecular Hbond substituents is 1. The van der Waals surface area contributed by atoms with Crippen molar-refractivity contribution in [2.75, 3.05) is 31.7 Å². The van der Waals surface area contributed by atoms with Crippen molar-refractivity contribution in [3.05, 3.63) is 86.7 Å². The van der Waals surface area contributed by atoms with E-state index in [4.69, 9.17) is 34.8 Å². The van der Waals surface area contributed by atoms with Crippen LogP contribution >= 0.6 is 0 Å². The monoisotopic (exact) mass is 842 g/mol. The minimum atomic E-state index is -1.98. The predicted octanol–water partition coefficient (Wildman–Crippen LogP) is 2.77. The highest BCUT2D eigenvalue weighted by molar-refractivity contribution is 5.97. The van der Waals surface area contributed by atoms with Gasteiger partial charge in [0.05, 0.1) is 35.6 Å². The number of aromatic hydroxyl groups is 1. The van der Waals surface area contributed by atoms with Gasteiger partial charge in [0.2, 0.25) is 23.3 Å². The molecule has 0 saturated carbocycles. The van der Waals surface area contributed by atoms with Gasteiger partial charge in [-0.1, -0.05) is 26.0 Å². The van der Waals surface area contributed by atoms with Gasteiger partial charge in [0.15, 0.2) is 0 Å². The Morgan fingerprint density at radius 3 is 2.43 bits per heavy atom. The lowest BCUT2D eigenvalue weighted by atomic mass is 9.85. The zero-order valence-electron chi connectivity index (χ0n) is 34.2. The summed E-state index contributed by atoms with van der Waals surface area (Å²) in [6, 6.07) is 11.5. The van der Waals surface area contributed by atoms with Crippen LogP contribution in [-0.4, -0.2) is 88.1 Å². The maximum Gasteiger partial charge on any atom is 0.510 e. The number of nitrogens with one attached hydrogen (secondary N) is 3. The van der Waals surface area contributed by atoms with Gasteiger partial charge in [0.25, 0.3) is 5.56 Å². The molecule has 4 aromatic rings. The van der Waals surface area contributed by atoms with Gasteiger partial charge < -0.3 is 55.4 Å². The number of pyridine rings is 2. The van der Waals surface area contributed by atoms with Crippen LogP contribution < -0.4 is 27.2 Å². The Morgan fingerprint density at radius 1 is 1.00 bits per heavy atom. The molecule has 0 spiro atoms. The first-order valence-corrected chi connectivity index (χ1v) is 20.1. The van der Waals surface area contributed by atoms with Crippen LogP contribution in [0.1, 0.15) is 74.3 Å². The zero-order valence-corrected chi connectivity index (χ0v) is 34.2. The average molecular weight is 843 g/mol. The number of anilines is 1. The molecule has 6 rings (SSSR count). The summed E-state index contributed by atoms with van der Waals surface area (Å²) < 4.78 is 23.4. The number of aliphatic hydroxyl groups is 1. The third-order valence-electron chi connectivity index (χ3n) is 10.7. The number of aryl methyl sites for hydroxylation is 1. The van der Waals surface area contributed by atoms with E-state index >= 15 is 0 Å². The normalized spacial score (nSPS) is 16.0. The number of aromatic nitrogens is 2. The van der Waals surface area contributed by atoms with Crippen LogP contribution in [0.3, 0.4) is 0 Å². The van der Waals surface area contributed by atoms with Crippen molar-refractivity contribution in [3.63, 3.8) is 0 Å². The molecule has 2 aromatic carbocycles. The van der Waals surface area contributed by atoms with Gasteiger partial charge in [0, 0.05) is 28.2 Å². The molecular weight excluding hydrogens is 793 g/mol. The number of hydrogen-bond donors (Lipinski definition) is 6. The molecular formula is C43H50N6O12. The minimum absolute atomic E-state index is 0.0642. The summed E-state index contributed by atoms with van der Waals surface area (Å²) in [5, 5.41) is 27.9. The van der Waals surface area contributed by atoms with Crippen LogP contribution in [0.4, 0.5) is 10.5 Å². The molecule has 7 N–H and O–H groups in total. The van der Waals surface area contributed by atoms with Gasteiger partial charge in [-0.15, -0.1) is 0 Å². The molecule has 3 unspecified atom stereocenters. The summed E-state index contributed by atoms with van der Waals surface area (Å²) in [6.07, 6.45) is 0.846. The largest absolute Gasteiger partial charge is 0.510 e. The number of phenols is 1. The first-order valence-electron chi connectivity index (χ1n) is 20.1. The zero-order chi connectivity index (χ0) is 43.8. The van der Waals surface area contributed by atoms with Gasteiger partial charge >= 0.3 is 12.1 Å². The fraction of sp³-hybridized carbons (Fsp3) is 0.419. The van der Waals surface area contributed by atoms with Crippen molar-refractivity contribution in [1.82, 2.24) is 20.2 Å². The number of hydrogen-bond acceptors (Lipinski definition) is 14. The number of nitrogens with two attached hydrogens (primary N) is 1. The lowest BCUT2D eigenvalue weighted by Gasteiger charge is -2.35. The van der Waals surface area contributed by atoms with Crippen molar-refractivity contribution in [2.45, 2.75) is 90.3 Å². The lowest BCUT2D eigenvalue weighted by molar-refractivity contribution is -0.175. The highest BCUT2D eigenvalue weighted by Crippen LogP contribution is 2.42. The quantitative estimate of drug-likeness (QED) is 0.0548. The average Bonchev–Trinajstić information content (AvgIpc) is 3.61. The van der Waals surface area contributed by atoms with E-state index in [9.17, 15) is 33.9 Å². The third kappa shape index (κ3) is 9.66. The molecule has 18 nitrogen and oxygen atoms in total. The number of ether oxygens (including phenoxy) is 4. The Morgan fingerprint density at radius 2 is 1.74 bits per heavy atom. The SMILES string of the molecule is CCc1c2c(nc3ccc(O)cc13)-c1cc3c(c(=O)n1C2)COC(=O)C3(CC)OC(=O)OCc1ccc(NC(=O)C(CCCCN)NC(=O)COCC(=O)NC(C)CO)cc1. The van der Waals surface area contributed by atoms with Crippen LogP contribution in [0.5, 0.6) is 5.75 Å². The van der Waals surface area contributed by atoms with E-state index in [0.717, 1.165) is 16.5 Å². The second-order valence-corrected chi connectivity index (χ2v) is 14.9.